The third-order valence-corrected chi connectivity index (χ3v) is 9.14. The van der Waals surface area contributed by atoms with Gasteiger partial charge < -0.3 is 15.5 Å². The highest BCUT2D eigenvalue weighted by atomic mass is 19.1. The molecule has 1 aromatic rings. The van der Waals surface area contributed by atoms with Crippen LogP contribution in [0.1, 0.15) is 60.9 Å². The summed E-state index contributed by atoms with van der Waals surface area (Å²) in [6.45, 7) is 4.70. The minimum atomic E-state index is -0.481. The molecule has 2 aliphatic heterocycles. The number of piperazine rings is 1. The fourth-order valence-electron chi connectivity index (χ4n) is 7.89. The minimum absolute atomic E-state index is 0.0834. The van der Waals surface area contributed by atoms with Crippen LogP contribution in [-0.2, 0) is 6.42 Å². The highest BCUT2D eigenvalue weighted by Crippen LogP contribution is 2.61. The third kappa shape index (κ3) is 4.13. The van der Waals surface area contributed by atoms with E-state index in [0.717, 1.165) is 37.4 Å². The highest BCUT2D eigenvalue weighted by Gasteiger charge is 2.50. The molecule has 5 fully saturated rings. The first-order valence-electron chi connectivity index (χ1n) is 12.9. The fourth-order valence-corrected chi connectivity index (χ4v) is 7.89. The molecule has 3 amide bonds. The van der Waals surface area contributed by atoms with Gasteiger partial charge in [-0.3, -0.25) is 9.69 Å². The lowest BCUT2D eigenvalue weighted by atomic mass is 9.49. The van der Waals surface area contributed by atoms with E-state index in [2.05, 4.69) is 15.5 Å². The van der Waals surface area contributed by atoms with Crippen LogP contribution in [0.3, 0.4) is 0 Å². The maximum Gasteiger partial charge on any atom is 0.322 e. The molecule has 178 valence electrons. The molecule has 1 aromatic carbocycles. The van der Waals surface area contributed by atoms with E-state index in [1.165, 1.54) is 57.1 Å². The lowest BCUT2D eigenvalue weighted by Crippen LogP contribution is -2.52. The predicted octanol–water partition coefficient (Wildman–Crippen LogP) is 3.87. The molecule has 1 saturated heterocycles. The quantitative estimate of drug-likeness (QED) is 0.726. The third-order valence-electron chi connectivity index (χ3n) is 9.14. The number of halogens is 1. The summed E-state index contributed by atoms with van der Waals surface area (Å²) in [7, 11) is 0. The van der Waals surface area contributed by atoms with E-state index >= 15 is 0 Å². The van der Waals surface area contributed by atoms with Gasteiger partial charge in [0.05, 0.1) is 5.69 Å². The van der Waals surface area contributed by atoms with Crippen LogP contribution in [0.2, 0.25) is 0 Å². The van der Waals surface area contributed by atoms with Crippen LogP contribution in [0, 0.1) is 29.0 Å². The molecule has 33 heavy (non-hydrogen) atoms. The summed E-state index contributed by atoms with van der Waals surface area (Å²) >= 11 is 0. The second-order valence-electron chi connectivity index (χ2n) is 11.4. The maximum absolute atomic E-state index is 14.5. The highest BCUT2D eigenvalue weighted by molar-refractivity contribution is 5.99. The molecule has 0 unspecified atom stereocenters. The Hall–Kier alpha value is -2.15. The number of nitrogens with one attached hydrogen (secondary N) is 2. The Bertz CT molecular complexity index is 921. The molecule has 4 saturated carbocycles. The van der Waals surface area contributed by atoms with E-state index in [9.17, 15) is 14.0 Å². The summed E-state index contributed by atoms with van der Waals surface area (Å²) in [4.78, 5) is 29.1. The summed E-state index contributed by atoms with van der Waals surface area (Å²) < 4.78 is 14.5. The van der Waals surface area contributed by atoms with Crippen molar-refractivity contribution in [1.29, 1.82) is 0 Å². The van der Waals surface area contributed by atoms with Gasteiger partial charge in [-0.1, -0.05) is 0 Å². The van der Waals surface area contributed by atoms with Gasteiger partial charge in [0.2, 0.25) is 0 Å². The van der Waals surface area contributed by atoms with Crippen molar-refractivity contribution in [2.45, 2.75) is 51.4 Å². The van der Waals surface area contributed by atoms with Gasteiger partial charge in [0, 0.05) is 38.3 Å². The smallest absolute Gasteiger partial charge is 0.322 e. The fraction of sp³-hybridized carbons (Fsp3) is 0.692. The number of hydrogen-bond acceptors (Lipinski definition) is 3. The summed E-state index contributed by atoms with van der Waals surface area (Å²) in [5.74, 6) is 2.29. The van der Waals surface area contributed by atoms with Gasteiger partial charge in [0.25, 0.3) is 5.91 Å². The monoisotopic (exact) mass is 454 g/mol. The molecule has 4 aliphatic carbocycles. The standard InChI is InChI=1S/C26H35FN4O2/c27-22-12-20-1-3-28-24(32)21(20)13-23(22)29-25(33)31-7-5-30(6-8-31)4-2-26-14-17-9-18(15-26)11-19(10-17)16-26/h12-13,17-19H,1-11,14-16H2,(H,28,32)(H,29,33). The van der Waals surface area contributed by atoms with E-state index in [1.54, 1.807) is 4.90 Å². The van der Waals surface area contributed by atoms with E-state index in [1.807, 2.05) is 0 Å². The molecule has 0 radical (unpaired) electrons. The molecule has 6 aliphatic rings. The first-order chi connectivity index (χ1) is 16.0. The van der Waals surface area contributed by atoms with Crippen molar-refractivity contribution >= 4 is 17.6 Å². The van der Waals surface area contributed by atoms with Gasteiger partial charge in [-0.2, -0.15) is 0 Å². The number of hydrogen-bond donors (Lipinski definition) is 2. The average molecular weight is 455 g/mol. The maximum atomic E-state index is 14.5. The molecule has 2 N–H and O–H groups in total. The van der Waals surface area contributed by atoms with Crippen molar-refractivity contribution in [2.75, 3.05) is 44.6 Å². The van der Waals surface area contributed by atoms with Crippen molar-refractivity contribution in [3.63, 3.8) is 0 Å². The number of anilines is 1. The molecule has 4 bridgehead atoms. The SMILES string of the molecule is O=C1NCCc2cc(F)c(NC(=O)N3CCN(CCC45CC6CC(CC(C6)C4)C5)CC3)cc21. The second kappa shape index (κ2) is 8.26. The summed E-state index contributed by atoms with van der Waals surface area (Å²) in [5.41, 5.74) is 1.83. The molecular weight excluding hydrogens is 419 g/mol. The Balaban J connectivity index is 1.02. The number of carbonyl (C=O) groups is 2. The van der Waals surface area contributed by atoms with Crippen LogP contribution in [-0.4, -0.2) is 61.0 Å². The van der Waals surface area contributed by atoms with Crippen molar-refractivity contribution in [3.8, 4) is 0 Å². The van der Waals surface area contributed by atoms with E-state index in [-0.39, 0.29) is 17.6 Å². The predicted molar refractivity (Wildman–Crippen MR) is 125 cm³/mol. The largest absolute Gasteiger partial charge is 0.352 e. The van der Waals surface area contributed by atoms with Gasteiger partial charge in [-0.05, 0) is 98.8 Å². The van der Waals surface area contributed by atoms with Crippen molar-refractivity contribution in [2.24, 2.45) is 23.2 Å². The van der Waals surface area contributed by atoms with Crippen molar-refractivity contribution < 1.29 is 14.0 Å². The van der Waals surface area contributed by atoms with E-state index in [4.69, 9.17) is 0 Å². The van der Waals surface area contributed by atoms with Crippen molar-refractivity contribution in [3.05, 3.63) is 29.1 Å². The number of nitrogens with zero attached hydrogens (tertiary/aromatic N) is 2. The Labute approximate surface area is 195 Å². The van der Waals surface area contributed by atoms with Gasteiger partial charge in [-0.25, -0.2) is 9.18 Å². The number of urea groups is 1. The number of fused-ring (bicyclic) bond motifs is 1. The molecule has 7 heteroatoms. The van der Waals surface area contributed by atoms with E-state index < -0.39 is 5.82 Å². The molecule has 2 heterocycles. The lowest BCUT2D eigenvalue weighted by Gasteiger charge is -2.57. The summed E-state index contributed by atoms with van der Waals surface area (Å²) in [6.07, 6.45) is 10.7. The van der Waals surface area contributed by atoms with Crippen LogP contribution in [0.5, 0.6) is 0 Å². The molecule has 0 atom stereocenters. The summed E-state index contributed by atoms with van der Waals surface area (Å²) in [6, 6.07) is 2.57. The van der Waals surface area contributed by atoms with E-state index in [0.29, 0.717) is 42.6 Å². The number of rotatable bonds is 4. The van der Waals surface area contributed by atoms with Crippen LogP contribution in [0.4, 0.5) is 14.9 Å². The number of amides is 3. The Morgan fingerprint density at radius 2 is 1.73 bits per heavy atom. The zero-order valence-corrected chi connectivity index (χ0v) is 19.4. The zero-order valence-electron chi connectivity index (χ0n) is 19.4. The molecule has 0 aromatic heterocycles. The van der Waals surface area contributed by atoms with Gasteiger partial charge >= 0.3 is 6.03 Å². The van der Waals surface area contributed by atoms with Crippen LogP contribution < -0.4 is 10.6 Å². The molecule has 6 nitrogen and oxygen atoms in total. The first kappa shape index (κ1) is 21.4. The lowest BCUT2D eigenvalue weighted by molar-refractivity contribution is -0.0619. The Kier molecular flexibility index (Phi) is 5.35. The van der Waals surface area contributed by atoms with Gasteiger partial charge in [0.15, 0.2) is 0 Å². The van der Waals surface area contributed by atoms with Gasteiger partial charge in [0.1, 0.15) is 5.82 Å². The Morgan fingerprint density at radius 1 is 1.06 bits per heavy atom. The normalized spacial score (nSPS) is 33.1. The van der Waals surface area contributed by atoms with Crippen LogP contribution in [0.15, 0.2) is 12.1 Å². The van der Waals surface area contributed by atoms with Crippen LogP contribution >= 0.6 is 0 Å². The first-order valence-corrected chi connectivity index (χ1v) is 12.9. The van der Waals surface area contributed by atoms with Crippen molar-refractivity contribution in [1.82, 2.24) is 15.1 Å². The number of carbonyl (C=O) groups excluding carboxylic acids is 2. The Morgan fingerprint density at radius 3 is 2.39 bits per heavy atom. The zero-order chi connectivity index (χ0) is 22.6. The minimum Gasteiger partial charge on any atom is -0.352 e. The van der Waals surface area contributed by atoms with Gasteiger partial charge in [-0.15, -0.1) is 0 Å². The molecule has 7 rings (SSSR count). The molecular formula is C26H35FN4O2. The summed E-state index contributed by atoms with van der Waals surface area (Å²) in [5, 5.41) is 5.47. The number of benzene rings is 1. The average Bonchev–Trinajstić information content (AvgIpc) is 2.78. The molecule has 0 spiro atoms. The second-order valence-corrected chi connectivity index (χ2v) is 11.4. The topological polar surface area (TPSA) is 64.7 Å². The van der Waals surface area contributed by atoms with Crippen LogP contribution in [0.25, 0.3) is 0 Å².